The number of hydrogen-bond acceptors (Lipinski definition) is 5. The van der Waals surface area contributed by atoms with Crippen LogP contribution in [0.1, 0.15) is 63.4 Å². The number of ether oxygens (including phenoxy) is 1. The zero-order valence-electron chi connectivity index (χ0n) is 17.1. The second kappa shape index (κ2) is 9.43. The molecule has 3 rings (SSSR count). The van der Waals surface area contributed by atoms with Gasteiger partial charge in [-0.25, -0.2) is 17.9 Å². The number of nitrogens with two attached hydrogens (primary N) is 1. The first kappa shape index (κ1) is 22.7. The highest BCUT2D eigenvalue weighted by Crippen LogP contribution is 2.33. The van der Waals surface area contributed by atoms with Crippen LogP contribution < -0.4 is 15.2 Å². The van der Waals surface area contributed by atoms with Gasteiger partial charge in [-0.15, -0.1) is 0 Å². The molecule has 1 aliphatic carbocycles. The predicted octanol–water partition coefficient (Wildman–Crippen LogP) is 2.60. The van der Waals surface area contributed by atoms with Gasteiger partial charge in [-0.2, -0.15) is 0 Å². The molecule has 1 aromatic rings. The van der Waals surface area contributed by atoms with Crippen LogP contribution in [0.4, 0.5) is 4.39 Å². The highest BCUT2D eigenvalue weighted by atomic mass is 32.2. The lowest BCUT2D eigenvalue weighted by molar-refractivity contribution is -0.125. The molecule has 2 unspecified atom stereocenters. The first-order chi connectivity index (χ1) is 14.1. The Kier molecular flexibility index (Phi) is 7.13. The van der Waals surface area contributed by atoms with Gasteiger partial charge in [0.25, 0.3) is 0 Å². The second-order valence-electron chi connectivity index (χ2n) is 8.46. The predicted molar refractivity (Wildman–Crippen MR) is 110 cm³/mol. The Labute approximate surface area is 176 Å². The van der Waals surface area contributed by atoms with Crippen molar-refractivity contribution in [3.63, 3.8) is 0 Å². The highest BCUT2D eigenvalue weighted by molar-refractivity contribution is 7.89. The number of amides is 2. The fourth-order valence-electron chi connectivity index (χ4n) is 3.90. The summed E-state index contributed by atoms with van der Waals surface area (Å²) in [5, 5.41) is 6.94. The molecule has 1 aliphatic heterocycles. The Bertz CT molecular complexity index is 901. The number of hydrogen-bond donors (Lipinski definition) is 2. The summed E-state index contributed by atoms with van der Waals surface area (Å²) in [6.07, 6.45) is 4.37. The molecule has 0 spiro atoms. The Morgan fingerprint density at radius 1 is 1.27 bits per heavy atom. The van der Waals surface area contributed by atoms with Gasteiger partial charge in [0.15, 0.2) is 11.6 Å². The van der Waals surface area contributed by atoms with Crippen LogP contribution in [0, 0.1) is 17.7 Å². The lowest BCUT2D eigenvalue weighted by Gasteiger charge is -2.23. The summed E-state index contributed by atoms with van der Waals surface area (Å²) >= 11 is 0. The summed E-state index contributed by atoms with van der Waals surface area (Å²) < 4.78 is 44.1. The van der Waals surface area contributed by atoms with E-state index >= 15 is 0 Å². The van der Waals surface area contributed by atoms with Crippen molar-refractivity contribution in [3.05, 3.63) is 29.6 Å². The molecular formula is C21H29FN2O5S. The molecule has 166 valence electrons. The minimum atomic E-state index is -3.84. The molecular weight excluding hydrogens is 411 g/mol. The lowest BCUT2D eigenvalue weighted by atomic mass is 9.92. The molecule has 1 heterocycles. The van der Waals surface area contributed by atoms with Crippen molar-refractivity contribution < 1.29 is 27.1 Å². The number of imide groups is 1. The third-order valence-electron chi connectivity index (χ3n) is 5.99. The van der Waals surface area contributed by atoms with Crippen LogP contribution in [0.3, 0.4) is 0 Å². The molecule has 9 heteroatoms. The van der Waals surface area contributed by atoms with E-state index in [2.05, 4.69) is 5.32 Å². The van der Waals surface area contributed by atoms with Crippen LogP contribution in [-0.2, 0) is 19.6 Å². The second-order valence-corrected chi connectivity index (χ2v) is 10.2. The molecule has 2 aliphatic rings. The number of carbonyl (C=O) groups is 2. The van der Waals surface area contributed by atoms with Crippen LogP contribution in [0.15, 0.2) is 18.2 Å². The van der Waals surface area contributed by atoms with Crippen LogP contribution in [0.25, 0.3) is 0 Å². The molecule has 0 aromatic heterocycles. The molecule has 1 saturated carbocycles. The first-order valence-electron chi connectivity index (χ1n) is 10.4. The number of unbranched alkanes of at least 4 members (excludes halogenated alkanes) is 1. The molecule has 3 N–H and O–H groups in total. The van der Waals surface area contributed by atoms with Crippen LogP contribution >= 0.6 is 0 Å². The Morgan fingerprint density at radius 3 is 2.60 bits per heavy atom. The molecule has 1 saturated heterocycles. The fraction of sp³-hybridized carbons (Fsp3) is 0.619. The van der Waals surface area contributed by atoms with Crippen molar-refractivity contribution in [2.45, 2.75) is 63.0 Å². The van der Waals surface area contributed by atoms with Gasteiger partial charge in [-0.3, -0.25) is 14.9 Å². The number of nitrogens with one attached hydrogen (secondary N) is 1. The van der Waals surface area contributed by atoms with Crippen molar-refractivity contribution in [1.29, 1.82) is 0 Å². The molecule has 3 atom stereocenters. The standard InChI is InChI=1S/C21H29FN2O5S/c1-13(15-8-9-17(22)18(10-15)29-12-14-6-7-14)19(30(23,27)28)5-3-2-4-16-11-20(25)24-21(16)26/h8-10,13-14,16,19H,2-7,11-12H2,1H3,(H2,23,27,28)(H,24,25,26)/t13-,16?,19?/m1/s1. The zero-order chi connectivity index (χ0) is 21.9. The molecule has 2 amide bonds. The molecule has 0 radical (unpaired) electrons. The van der Waals surface area contributed by atoms with Gasteiger partial charge in [0.1, 0.15) is 0 Å². The van der Waals surface area contributed by atoms with Crippen molar-refractivity contribution in [2.24, 2.45) is 17.0 Å². The Hall–Kier alpha value is -2.00. The maximum Gasteiger partial charge on any atom is 0.230 e. The number of carbonyl (C=O) groups excluding carboxylic acids is 2. The number of benzene rings is 1. The van der Waals surface area contributed by atoms with E-state index in [0.29, 0.717) is 43.8 Å². The highest BCUT2D eigenvalue weighted by Gasteiger charge is 2.32. The van der Waals surface area contributed by atoms with E-state index in [1.165, 1.54) is 6.07 Å². The summed E-state index contributed by atoms with van der Waals surface area (Å²) in [6, 6.07) is 4.43. The molecule has 7 nitrogen and oxygen atoms in total. The van der Waals surface area contributed by atoms with Crippen LogP contribution in [-0.4, -0.2) is 32.1 Å². The van der Waals surface area contributed by atoms with E-state index < -0.39 is 27.0 Å². The van der Waals surface area contributed by atoms with E-state index in [1.54, 1.807) is 19.1 Å². The number of primary sulfonamides is 1. The van der Waals surface area contributed by atoms with Gasteiger partial charge in [0.05, 0.1) is 11.9 Å². The SMILES string of the molecule is C[C@H](c1ccc(F)c(OCC2CC2)c1)C(CCCCC1CC(=O)NC1=O)S(N)(=O)=O. The van der Waals surface area contributed by atoms with E-state index in [9.17, 15) is 22.4 Å². The van der Waals surface area contributed by atoms with Gasteiger partial charge in [0, 0.05) is 12.3 Å². The number of halogens is 1. The molecule has 30 heavy (non-hydrogen) atoms. The average molecular weight is 441 g/mol. The van der Waals surface area contributed by atoms with Gasteiger partial charge in [-0.05, 0) is 55.2 Å². The van der Waals surface area contributed by atoms with Gasteiger partial charge >= 0.3 is 0 Å². The average Bonchev–Trinajstić information content (AvgIpc) is 3.43. The van der Waals surface area contributed by atoms with E-state index in [-0.39, 0.29) is 29.9 Å². The van der Waals surface area contributed by atoms with Crippen molar-refractivity contribution in [3.8, 4) is 5.75 Å². The summed E-state index contributed by atoms with van der Waals surface area (Å²) in [4.78, 5) is 22.9. The van der Waals surface area contributed by atoms with Crippen molar-refractivity contribution in [2.75, 3.05) is 6.61 Å². The minimum Gasteiger partial charge on any atom is -0.490 e. The summed E-state index contributed by atoms with van der Waals surface area (Å²) in [6.45, 7) is 2.22. The van der Waals surface area contributed by atoms with Crippen molar-refractivity contribution in [1.82, 2.24) is 5.32 Å². The normalized spacial score (nSPS) is 21.4. The summed E-state index contributed by atoms with van der Waals surface area (Å²) in [5.41, 5.74) is 0.655. The molecule has 0 bridgehead atoms. The number of sulfonamides is 1. The maximum absolute atomic E-state index is 14.1. The third-order valence-corrected chi connectivity index (χ3v) is 7.48. The summed E-state index contributed by atoms with van der Waals surface area (Å²) in [5.74, 6) is -1.18. The molecule has 1 aromatic carbocycles. The largest absolute Gasteiger partial charge is 0.490 e. The van der Waals surface area contributed by atoms with Gasteiger partial charge in [0.2, 0.25) is 21.8 Å². The van der Waals surface area contributed by atoms with Crippen molar-refractivity contribution >= 4 is 21.8 Å². The van der Waals surface area contributed by atoms with E-state index in [1.807, 2.05) is 0 Å². The quantitative estimate of drug-likeness (QED) is 0.405. The topological polar surface area (TPSA) is 116 Å². The van der Waals surface area contributed by atoms with Gasteiger partial charge in [-0.1, -0.05) is 25.8 Å². The zero-order valence-corrected chi connectivity index (χ0v) is 17.9. The molecule has 2 fully saturated rings. The monoisotopic (exact) mass is 440 g/mol. The first-order valence-corrected chi connectivity index (χ1v) is 12.0. The lowest BCUT2D eigenvalue weighted by Crippen LogP contribution is -2.33. The van der Waals surface area contributed by atoms with E-state index in [4.69, 9.17) is 9.88 Å². The maximum atomic E-state index is 14.1. The fourth-order valence-corrected chi connectivity index (χ4v) is 5.12. The smallest absolute Gasteiger partial charge is 0.230 e. The minimum absolute atomic E-state index is 0.135. The number of rotatable bonds is 11. The van der Waals surface area contributed by atoms with Gasteiger partial charge < -0.3 is 4.74 Å². The van der Waals surface area contributed by atoms with Crippen LogP contribution in [0.2, 0.25) is 0 Å². The van der Waals surface area contributed by atoms with E-state index in [0.717, 1.165) is 12.8 Å². The summed E-state index contributed by atoms with van der Waals surface area (Å²) in [7, 11) is -3.84. The third kappa shape index (κ3) is 6.01. The Morgan fingerprint density at radius 2 is 2.00 bits per heavy atom. The van der Waals surface area contributed by atoms with Crippen LogP contribution in [0.5, 0.6) is 5.75 Å². The Balaban J connectivity index is 1.61.